The molecule has 19 heavy (non-hydrogen) atoms. The van der Waals surface area contributed by atoms with Gasteiger partial charge in [-0.05, 0) is 24.3 Å². The summed E-state index contributed by atoms with van der Waals surface area (Å²) in [5, 5.41) is 1.47. The first kappa shape index (κ1) is 13.3. The fourth-order valence-corrected chi connectivity index (χ4v) is 3.69. The molecule has 98 valence electrons. The van der Waals surface area contributed by atoms with Gasteiger partial charge in [-0.1, -0.05) is 40.9 Å². The Morgan fingerprint density at radius 1 is 1.16 bits per heavy atom. The highest BCUT2D eigenvalue weighted by molar-refractivity contribution is 7.20. The fourth-order valence-electron chi connectivity index (χ4n) is 1.92. The summed E-state index contributed by atoms with van der Waals surface area (Å²) in [5.41, 5.74) is 7.63. The summed E-state index contributed by atoms with van der Waals surface area (Å²) >= 11 is 19.4. The van der Waals surface area contributed by atoms with Gasteiger partial charge in [0.15, 0.2) is 0 Å². The molecule has 2 heterocycles. The Morgan fingerprint density at radius 3 is 2.58 bits per heavy atom. The van der Waals surface area contributed by atoms with Gasteiger partial charge in [0.1, 0.15) is 11.3 Å². The van der Waals surface area contributed by atoms with Gasteiger partial charge in [-0.2, -0.15) is 0 Å². The second kappa shape index (κ2) is 5.00. The van der Waals surface area contributed by atoms with E-state index in [-0.39, 0.29) is 0 Å². The van der Waals surface area contributed by atoms with Gasteiger partial charge in [0, 0.05) is 10.9 Å². The number of benzene rings is 1. The summed E-state index contributed by atoms with van der Waals surface area (Å²) in [5.74, 6) is 0.611. The molecule has 0 spiro atoms. The standard InChI is InChI=1S/C13H8Cl3NOS/c14-8-2-1-3-9-6(8)4-10(18-9)12(17)7-5-11(15)19-13(7)16/h1-5,12H,17H2. The number of hydrogen-bond acceptors (Lipinski definition) is 3. The predicted octanol–water partition coefficient (Wildman–Crippen LogP) is 5.50. The maximum absolute atomic E-state index is 6.17. The van der Waals surface area contributed by atoms with Crippen LogP contribution in [0.5, 0.6) is 0 Å². The van der Waals surface area contributed by atoms with Crippen molar-refractivity contribution in [2.24, 2.45) is 5.73 Å². The maximum atomic E-state index is 6.17. The van der Waals surface area contributed by atoms with Crippen LogP contribution in [-0.4, -0.2) is 0 Å². The number of nitrogens with two attached hydrogens (primary N) is 1. The molecule has 0 saturated heterocycles. The molecule has 0 saturated carbocycles. The summed E-state index contributed by atoms with van der Waals surface area (Å²) in [4.78, 5) is 0. The summed E-state index contributed by atoms with van der Waals surface area (Å²) in [6, 6.07) is 8.62. The number of rotatable bonds is 2. The quantitative estimate of drug-likeness (QED) is 0.672. The maximum Gasteiger partial charge on any atom is 0.135 e. The highest BCUT2D eigenvalue weighted by Crippen LogP contribution is 2.38. The van der Waals surface area contributed by atoms with Gasteiger partial charge in [-0.25, -0.2) is 0 Å². The molecular formula is C13H8Cl3NOS. The molecule has 2 aromatic heterocycles. The van der Waals surface area contributed by atoms with Crippen LogP contribution >= 0.6 is 46.1 Å². The topological polar surface area (TPSA) is 39.2 Å². The first-order chi connectivity index (χ1) is 9.06. The molecule has 0 bridgehead atoms. The van der Waals surface area contributed by atoms with E-state index in [2.05, 4.69) is 0 Å². The molecule has 2 nitrogen and oxygen atoms in total. The van der Waals surface area contributed by atoms with E-state index in [0.29, 0.717) is 25.0 Å². The Hall–Kier alpha value is -0.710. The Morgan fingerprint density at radius 2 is 1.95 bits per heavy atom. The van der Waals surface area contributed by atoms with Gasteiger partial charge >= 0.3 is 0 Å². The lowest BCUT2D eigenvalue weighted by Gasteiger charge is -2.06. The highest BCUT2D eigenvalue weighted by Gasteiger charge is 2.20. The lowest BCUT2D eigenvalue weighted by molar-refractivity contribution is 0.525. The molecule has 6 heteroatoms. The van der Waals surface area contributed by atoms with E-state index >= 15 is 0 Å². The van der Waals surface area contributed by atoms with Crippen LogP contribution in [0.2, 0.25) is 13.7 Å². The third-order valence-electron chi connectivity index (χ3n) is 2.85. The van der Waals surface area contributed by atoms with Crippen molar-refractivity contribution in [3.63, 3.8) is 0 Å². The van der Waals surface area contributed by atoms with Crippen LogP contribution in [0.3, 0.4) is 0 Å². The SMILES string of the molecule is NC(c1cc2c(Cl)cccc2o1)c1cc(Cl)sc1Cl. The monoisotopic (exact) mass is 331 g/mol. The molecule has 0 aliphatic carbocycles. The van der Waals surface area contributed by atoms with Gasteiger partial charge in [0.25, 0.3) is 0 Å². The first-order valence-corrected chi connectivity index (χ1v) is 7.39. The molecule has 3 aromatic rings. The van der Waals surface area contributed by atoms with Crippen LogP contribution in [0.1, 0.15) is 17.4 Å². The number of furan rings is 1. The summed E-state index contributed by atoms with van der Waals surface area (Å²) in [7, 11) is 0. The fraction of sp³-hybridized carbons (Fsp3) is 0.0769. The molecule has 1 atom stereocenters. The number of fused-ring (bicyclic) bond motifs is 1. The molecule has 0 fully saturated rings. The Labute approximate surface area is 128 Å². The molecule has 0 amide bonds. The molecule has 0 radical (unpaired) electrons. The van der Waals surface area contributed by atoms with E-state index in [0.717, 1.165) is 10.9 Å². The van der Waals surface area contributed by atoms with Crippen molar-refractivity contribution in [3.05, 3.63) is 55.4 Å². The van der Waals surface area contributed by atoms with Gasteiger partial charge in [0.05, 0.1) is 19.7 Å². The van der Waals surface area contributed by atoms with Crippen molar-refractivity contribution in [3.8, 4) is 0 Å². The van der Waals surface area contributed by atoms with Crippen LogP contribution < -0.4 is 5.73 Å². The zero-order chi connectivity index (χ0) is 13.6. The summed E-state index contributed by atoms with van der Waals surface area (Å²) in [6.45, 7) is 0. The van der Waals surface area contributed by atoms with Gasteiger partial charge in [0.2, 0.25) is 0 Å². The third kappa shape index (κ3) is 2.37. The van der Waals surface area contributed by atoms with Crippen LogP contribution in [0.25, 0.3) is 11.0 Å². The molecule has 3 rings (SSSR count). The third-order valence-corrected chi connectivity index (χ3v) is 4.70. The molecule has 0 aliphatic rings. The minimum atomic E-state index is -0.459. The predicted molar refractivity (Wildman–Crippen MR) is 81.6 cm³/mol. The van der Waals surface area contributed by atoms with Crippen LogP contribution in [0, 0.1) is 0 Å². The van der Waals surface area contributed by atoms with Crippen LogP contribution in [0.4, 0.5) is 0 Å². The van der Waals surface area contributed by atoms with Crippen molar-refractivity contribution >= 4 is 57.1 Å². The van der Waals surface area contributed by atoms with Gasteiger partial charge in [-0.3, -0.25) is 0 Å². The van der Waals surface area contributed by atoms with Crippen molar-refractivity contribution in [2.45, 2.75) is 6.04 Å². The minimum Gasteiger partial charge on any atom is -0.459 e. The largest absolute Gasteiger partial charge is 0.459 e. The van der Waals surface area contributed by atoms with E-state index in [1.807, 2.05) is 24.3 Å². The van der Waals surface area contributed by atoms with Crippen molar-refractivity contribution in [1.82, 2.24) is 0 Å². The average molecular weight is 333 g/mol. The van der Waals surface area contributed by atoms with E-state index in [1.54, 1.807) is 6.07 Å². The first-order valence-electron chi connectivity index (χ1n) is 5.44. The zero-order valence-corrected chi connectivity index (χ0v) is 12.6. The van der Waals surface area contributed by atoms with E-state index in [9.17, 15) is 0 Å². The Balaban J connectivity index is 2.09. The lowest BCUT2D eigenvalue weighted by Crippen LogP contribution is -2.10. The lowest BCUT2D eigenvalue weighted by atomic mass is 10.1. The van der Waals surface area contributed by atoms with Crippen LogP contribution in [-0.2, 0) is 0 Å². The number of hydrogen-bond donors (Lipinski definition) is 1. The molecule has 1 aromatic carbocycles. The van der Waals surface area contributed by atoms with Crippen molar-refractivity contribution < 1.29 is 4.42 Å². The number of thiophene rings is 1. The second-order valence-corrected chi connectivity index (χ2v) is 6.75. The van der Waals surface area contributed by atoms with Crippen LogP contribution in [0.15, 0.2) is 34.7 Å². The molecule has 1 unspecified atom stereocenters. The van der Waals surface area contributed by atoms with Gasteiger partial charge < -0.3 is 10.2 Å². The zero-order valence-electron chi connectivity index (χ0n) is 9.49. The van der Waals surface area contributed by atoms with Gasteiger partial charge in [-0.15, -0.1) is 11.3 Å². The summed E-state index contributed by atoms with van der Waals surface area (Å²) in [6.07, 6.45) is 0. The van der Waals surface area contributed by atoms with Crippen molar-refractivity contribution in [2.75, 3.05) is 0 Å². The van der Waals surface area contributed by atoms with E-state index in [1.165, 1.54) is 11.3 Å². The highest BCUT2D eigenvalue weighted by atomic mass is 35.5. The second-order valence-electron chi connectivity index (χ2n) is 4.06. The molecular weight excluding hydrogens is 325 g/mol. The Kier molecular flexibility index (Phi) is 3.50. The smallest absolute Gasteiger partial charge is 0.135 e. The molecule has 0 aliphatic heterocycles. The molecule has 2 N–H and O–H groups in total. The average Bonchev–Trinajstić information content (AvgIpc) is 2.93. The Bertz CT molecular complexity index is 750. The van der Waals surface area contributed by atoms with E-state index < -0.39 is 6.04 Å². The van der Waals surface area contributed by atoms with E-state index in [4.69, 9.17) is 45.0 Å². The number of halogens is 3. The minimum absolute atomic E-state index is 0.459. The normalized spacial score (nSPS) is 13.1. The summed E-state index contributed by atoms with van der Waals surface area (Å²) < 4.78 is 6.90. The van der Waals surface area contributed by atoms with Crippen molar-refractivity contribution in [1.29, 1.82) is 0 Å².